The predicted molar refractivity (Wildman–Crippen MR) is 113 cm³/mol. The Hall–Kier alpha value is -2.95. The van der Waals surface area contributed by atoms with E-state index in [1.165, 1.54) is 15.6 Å². The van der Waals surface area contributed by atoms with E-state index in [1.54, 1.807) is 35.7 Å². The number of nitriles is 1. The number of rotatable bonds is 5. The van der Waals surface area contributed by atoms with Crippen LogP contribution in [0.2, 0.25) is 0 Å². The average Bonchev–Trinajstić information content (AvgIpc) is 3.44. The van der Waals surface area contributed by atoms with Gasteiger partial charge in [0.25, 0.3) is 0 Å². The molecule has 1 aliphatic heterocycles. The van der Waals surface area contributed by atoms with Gasteiger partial charge >= 0.3 is 5.51 Å². The van der Waals surface area contributed by atoms with Crippen LogP contribution in [0.4, 0.5) is 13.2 Å². The maximum Gasteiger partial charge on any atom is 0.456 e. The molecule has 1 fully saturated rings. The van der Waals surface area contributed by atoms with Gasteiger partial charge in [0.1, 0.15) is 17.0 Å². The maximum atomic E-state index is 12.7. The van der Waals surface area contributed by atoms with Gasteiger partial charge < -0.3 is 0 Å². The van der Waals surface area contributed by atoms with Gasteiger partial charge in [0.05, 0.1) is 39.8 Å². The number of fused-ring (bicyclic) bond motifs is 1. The van der Waals surface area contributed by atoms with Crippen molar-refractivity contribution in [2.45, 2.75) is 24.4 Å². The Balaban J connectivity index is 1.51. The Morgan fingerprint density at radius 2 is 2.09 bits per heavy atom. The molecule has 0 atom stereocenters. The van der Waals surface area contributed by atoms with Crippen LogP contribution in [0, 0.1) is 18.3 Å². The van der Waals surface area contributed by atoms with Crippen molar-refractivity contribution in [3.63, 3.8) is 0 Å². The second-order valence-electron chi connectivity index (χ2n) is 7.43. The van der Waals surface area contributed by atoms with Crippen LogP contribution in [0.3, 0.4) is 0 Å². The minimum atomic E-state index is -4.36. The number of aryl methyl sites for hydroxylation is 1. The van der Waals surface area contributed by atoms with Crippen LogP contribution in [0.15, 0.2) is 37.1 Å². The normalized spacial score (nSPS) is 16.2. The standard InChI is InChI=1S/C19H15F3N8S2/c1-12-25-8-15(31-12)14-6-16-24-4-5-29(16)17(27-14)13-7-26-30(9-13)18(2-3-23)10-28(11-18)32-19(20,21)22/h4-9H,2,10-11H2,1H3. The first-order valence-corrected chi connectivity index (χ1v) is 11.1. The molecule has 0 saturated carbocycles. The first-order valence-electron chi connectivity index (χ1n) is 9.47. The van der Waals surface area contributed by atoms with Crippen molar-refractivity contribution in [1.82, 2.24) is 33.4 Å². The smallest absolute Gasteiger partial charge is 0.284 e. The largest absolute Gasteiger partial charge is 0.456 e. The summed E-state index contributed by atoms with van der Waals surface area (Å²) in [6, 6.07) is 3.96. The van der Waals surface area contributed by atoms with Gasteiger partial charge in [-0.05, 0) is 6.92 Å². The highest BCUT2D eigenvalue weighted by Gasteiger charge is 2.49. The lowest BCUT2D eigenvalue weighted by atomic mass is 9.89. The summed E-state index contributed by atoms with van der Waals surface area (Å²) in [6.45, 7) is 2.06. The van der Waals surface area contributed by atoms with E-state index in [-0.39, 0.29) is 31.5 Å². The summed E-state index contributed by atoms with van der Waals surface area (Å²) in [7, 11) is 0. The highest BCUT2D eigenvalue weighted by molar-refractivity contribution is 7.97. The average molecular weight is 477 g/mol. The molecule has 4 aromatic heterocycles. The Kier molecular flexibility index (Phi) is 4.95. The van der Waals surface area contributed by atoms with E-state index in [0.717, 1.165) is 15.6 Å². The number of halogens is 3. The number of hydrogen-bond acceptors (Lipinski definition) is 8. The van der Waals surface area contributed by atoms with E-state index < -0.39 is 11.0 Å². The van der Waals surface area contributed by atoms with E-state index in [1.807, 2.05) is 17.4 Å². The van der Waals surface area contributed by atoms with E-state index in [9.17, 15) is 18.4 Å². The number of thiazole rings is 1. The van der Waals surface area contributed by atoms with Gasteiger partial charge in [-0.25, -0.2) is 19.3 Å². The Bertz CT molecular complexity index is 1330. The predicted octanol–water partition coefficient (Wildman–Crippen LogP) is 4.12. The fraction of sp³-hybridized carbons (Fsp3) is 0.316. The lowest BCUT2D eigenvalue weighted by molar-refractivity contribution is -0.0417. The summed E-state index contributed by atoms with van der Waals surface area (Å²) in [5, 5.41) is 14.6. The highest BCUT2D eigenvalue weighted by Crippen LogP contribution is 2.43. The Morgan fingerprint density at radius 1 is 1.28 bits per heavy atom. The van der Waals surface area contributed by atoms with Gasteiger partial charge in [-0.2, -0.15) is 23.5 Å². The van der Waals surface area contributed by atoms with Gasteiger partial charge in [0, 0.05) is 55.9 Å². The fourth-order valence-electron chi connectivity index (χ4n) is 3.74. The molecule has 5 heterocycles. The lowest BCUT2D eigenvalue weighted by Gasteiger charge is -2.48. The molecule has 0 aliphatic carbocycles. The SMILES string of the molecule is Cc1ncc(-c2cc3nccn3c(-c3cnn(C4(CC#N)CN(SC(F)(F)F)C4)c3)n2)s1. The molecule has 1 aliphatic rings. The molecular formula is C19H15F3N8S2. The first-order chi connectivity index (χ1) is 15.3. The van der Waals surface area contributed by atoms with Crippen LogP contribution in [-0.2, 0) is 5.54 Å². The lowest BCUT2D eigenvalue weighted by Crippen LogP contribution is -2.60. The van der Waals surface area contributed by atoms with Crippen molar-refractivity contribution in [2.75, 3.05) is 13.1 Å². The molecule has 8 nitrogen and oxygen atoms in total. The molecule has 0 aromatic carbocycles. The minimum absolute atomic E-state index is 0.0527. The Morgan fingerprint density at radius 3 is 2.78 bits per heavy atom. The third-order valence-electron chi connectivity index (χ3n) is 5.17. The van der Waals surface area contributed by atoms with Crippen molar-refractivity contribution in [3.8, 4) is 28.0 Å². The molecule has 0 spiro atoms. The molecular weight excluding hydrogens is 461 g/mol. The van der Waals surface area contributed by atoms with Crippen LogP contribution >= 0.6 is 23.3 Å². The molecule has 13 heteroatoms. The van der Waals surface area contributed by atoms with Gasteiger partial charge in [0.2, 0.25) is 0 Å². The van der Waals surface area contributed by atoms with Crippen molar-refractivity contribution in [2.24, 2.45) is 0 Å². The second kappa shape index (κ2) is 7.58. The van der Waals surface area contributed by atoms with Crippen molar-refractivity contribution in [3.05, 3.63) is 42.1 Å². The molecule has 1 saturated heterocycles. The monoisotopic (exact) mass is 476 g/mol. The third kappa shape index (κ3) is 3.74. The van der Waals surface area contributed by atoms with Gasteiger partial charge in [-0.3, -0.25) is 9.08 Å². The summed E-state index contributed by atoms with van der Waals surface area (Å²) in [6.07, 6.45) is 8.61. The molecule has 0 unspecified atom stereocenters. The fourth-order valence-corrected chi connectivity index (χ4v) is 5.38. The van der Waals surface area contributed by atoms with Crippen molar-refractivity contribution >= 4 is 28.9 Å². The molecule has 32 heavy (non-hydrogen) atoms. The van der Waals surface area contributed by atoms with E-state index >= 15 is 0 Å². The number of nitrogens with zero attached hydrogens (tertiary/aromatic N) is 8. The van der Waals surface area contributed by atoms with Crippen LogP contribution in [0.25, 0.3) is 27.6 Å². The topological polar surface area (TPSA) is 87.9 Å². The van der Waals surface area contributed by atoms with Crippen molar-refractivity contribution in [1.29, 1.82) is 5.26 Å². The van der Waals surface area contributed by atoms with E-state index in [2.05, 4.69) is 21.1 Å². The second-order valence-corrected chi connectivity index (χ2v) is 9.83. The minimum Gasteiger partial charge on any atom is -0.284 e. The van der Waals surface area contributed by atoms with Crippen LogP contribution in [0.5, 0.6) is 0 Å². The van der Waals surface area contributed by atoms with Crippen LogP contribution in [0.1, 0.15) is 11.4 Å². The number of aromatic nitrogens is 6. The summed E-state index contributed by atoms with van der Waals surface area (Å²) >= 11 is 1.35. The maximum absolute atomic E-state index is 12.7. The zero-order valence-electron chi connectivity index (χ0n) is 16.6. The molecule has 5 rings (SSSR count). The summed E-state index contributed by atoms with van der Waals surface area (Å²) < 4.78 is 42.7. The van der Waals surface area contributed by atoms with Crippen molar-refractivity contribution < 1.29 is 13.2 Å². The summed E-state index contributed by atoms with van der Waals surface area (Å²) in [4.78, 5) is 14.4. The molecule has 0 radical (unpaired) electrons. The zero-order chi connectivity index (χ0) is 22.5. The molecule has 0 amide bonds. The van der Waals surface area contributed by atoms with E-state index in [0.29, 0.717) is 17.0 Å². The summed E-state index contributed by atoms with van der Waals surface area (Å²) in [5.41, 5.74) is -3.07. The van der Waals surface area contributed by atoms with E-state index in [4.69, 9.17) is 4.98 Å². The molecule has 164 valence electrons. The Labute approximate surface area is 188 Å². The van der Waals surface area contributed by atoms with Gasteiger partial charge in [-0.15, -0.1) is 11.3 Å². The summed E-state index contributed by atoms with van der Waals surface area (Å²) in [5.74, 6) is 0.597. The first kappa shape index (κ1) is 20.9. The van der Waals surface area contributed by atoms with Crippen LogP contribution in [-0.4, -0.2) is 52.0 Å². The number of imidazole rings is 1. The van der Waals surface area contributed by atoms with Gasteiger partial charge in [-0.1, -0.05) is 0 Å². The molecule has 0 bridgehead atoms. The van der Waals surface area contributed by atoms with Gasteiger partial charge in [0.15, 0.2) is 0 Å². The third-order valence-corrected chi connectivity index (χ3v) is 6.83. The number of hydrogen-bond donors (Lipinski definition) is 0. The molecule has 0 N–H and O–H groups in total. The van der Waals surface area contributed by atoms with Crippen LogP contribution < -0.4 is 0 Å². The molecule has 4 aromatic rings. The number of alkyl halides is 3. The zero-order valence-corrected chi connectivity index (χ0v) is 18.2. The highest BCUT2D eigenvalue weighted by atomic mass is 32.2. The quantitative estimate of drug-likeness (QED) is 0.401.